The minimum Gasteiger partial charge on any atom is -0.481 e. The van der Waals surface area contributed by atoms with Gasteiger partial charge in [-0.15, -0.1) is 0 Å². The topological polar surface area (TPSA) is 93.5 Å². The third-order valence-corrected chi connectivity index (χ3v) is 4.88. The first-order valence-electron chi connectivity index (χ1n) is 8.53. The van der Waals surface area contributed by atoms with Gasteiger partial charge < -0.3 is 14.0 Å². The number of nitrogens with zero attached hydrogens (tertiary/aromatic N) is 4. The van der Waals surface area contributed by atoms with Crippen LogP contribution in [-0.4, -0.2) is 30.6 Å². The maximum absolute atomic E-state index is 13.6. The van der Waals surface area contributed by atoms with Crippen LogP contribution < -0.4 is 0 Å². The van der Waals surface area contributed by atoms with Crippen molar-refractivity contribution in [3.05, 3.63) is 57.8 Å². The van der Waals surface area contributed by atoms with Gasteiger partial charge in [-0.2, -0.15) is 4.98 Å². The highest BCUT2D eigenvalue weighted by atomic mass is 35.5. The van der Waals surface area contributed by atoms with Crippen molar-refractivity contribution in [1.29, 1.82) is 0 Å². The van der Waals surface area contributed by atoms with Gasteiger partial charge in [0, 0.05) is 30.4 Å². The fraction of sp³-hybridized carbons (Fsp3) is 0.158. The zero-order valence-electron chi connectivity index (χ0n) is 15.2. The summed E-state index contributed by atoms with van der Waals surface area (Å²) in [4.78, 5) is 19.4. The number of aromatic nitrogens is 4. The molecule has 4 rings (SSSR count). The van der Waals surface area contributed by atoms with Gasteiger partial charge in [-0.1, -0.05) is 34.4 Å². The van der Waals surface area contributed by atoms with Crippen LogP contribution in [0.15, 0.2) is 41.2 Å². The Morgan fingerprint density at radius 3 is 2.63 bits per heavy atom. The maximum Gasteiger partial charge on any atom is 0.307 e. The van der Waals surface area contributed by atoms with Crippen LogP contribution in [0.4, 0.5) is 8.78 Å². The molecule has 7 nitrogen and oxygen atoms in total. The van der Waals surface area contributed by atoms with Gasteiger partial charge in [0.15, 0.2) is 5.65 Å². The van der Waals surface area contributed by atoms with E-state index < -0.39 is 11.9 Å². The number of imidazole rings is 1. The Morgan fingerprint density at radius 2 is 1.97 bits per heavy atom. The molecule has 0 spiro atoms. The quantitative estimate of drug-likeness (QED) is 0.452. The lowest BCUT2D eigenvalue weighted by Gasteiger charge is -2.11. The van der Waals surface area contributed by atoms with Crippen molar-refractivity contribution in [2.75, 3.05) is 0 Å². The van der Waals surface area contributed by atoms with Gasteiger partial charge in [0.2, 0.25) is 5.82 Å². The summed E-state index contributed by atoms with van der Waals surface area (Å²) in [6.07, 6.45) is 2.51. The summed E-state index contributed by atoms with van der Waals surface area (Å²) in [6, 6.07) is 5.86. The van der Waals surface area contributed by atoms with Crippen LogP contribution in [0.5, 0.6) is 0 Å². The standard InChI is InChI=1S/C19H12Cl2F2N4O3/c1-19(22,23)10-6-13(21)17-24-14(8-27(17)7-10)18-25-16(26-30-18)11-3-2-9(4-12(11)20)5-15(28)29/h2-4,6-8H,5H2,1H3,(H,28,29). The molecular formula is C19H12Cl2F2N4O3. The van der Waals surface area contributed by atoms with Crippen molar-refractivity contribution in [2.45, 2.75) is 19.3 Å². The van der Waals surface area contributed by atoms with E-state index in [2.05, 4.69) is 15.1 Å². The molecular weight excluding hydrogens is 441 g/mol. The SMILES string of the molecule is CC(F)(F)c1cc(Cl)c2nc(-c3nc(-c4ccc(CC(=O)O)cc4Cl)no3)cn2c1. The fourth-order valence-electron chi connectivity index (χ4n) is 2.86. The first-order valence-corrected chi connectivity index (χ1v) is 9.28. The molecule has 3 heterocycles. The number of pyridine rings is 1. The van der Waals surface area contributed by atoms with Gasteiger partial charge in [0.05, 0.1) is 16.5 Å². The average Bonchev–Trinajstić information content (AvgIpc) is 3.27. The van der Waals surface area contributed by atoms with Gasteiger partial charge >= 0.3 is 5.97 Å². The molecule has 30 heavy (non-hydrogen) atoms. The second kappa shape index (κ2) is 7.33. The largest absolute Gasteiger partial charge is 0.481 e. The lowest BCUT2D eigenvalue weighted by atomic mass is 10.1. The number of benzene rings is 1. The van der Waals surface area contributed by atoms with Crippen molar-refractivity contribution in [3.63, 3.8) is 0 Å². The number of carboxylic acid groups (broad SMARTS) is 1. The predicted octanol–water partition coefficient (Wildman–Crippen LogP) is 5.10. The number of carboxylic acids is 1. The second-order valence-corrected chi connectivity index (χ2v) is 7.44. The highest BCUT2D eigenvalue weighted by Gasteiger charge is 2.26. The average molecular weight is 453 g/mol. The zero-order chi connectivity index (χ0) is 21.6. The van der Waals surface area contributed by atoms with E-state index in [9.17, 15) is 13.6 Å². The molecule has 0 aliphatic carbocycles. The van der Waals surface area contributed by atoms with Gasteiger partial charge in [0.1, 0.15) is 5.69 Å². The molecule has 3 aromatic heterocycles. The highest BCUT2D eigenvalue weighted by molar-refractivity contribution is 6.33. The Bertz CT molecular complexity index is 1280. The van der Waals surface area contributed by atoms with Crippen molar-refractivity contribution >= 4 is 34.8 Å². The number of carbonyl (C=O) groups is 1. The number of alkyl halides is 2. The van der Waals surface area contributed by atoms with E-state index in [1.807, 2.05) is 0 Å². The van der Waals surface area contributed by atoms with E-state index in [4.69, 9.17) is 32.8 Å². The minimum atomic E-state index is -3.07. The van der Waals surface area contributed by atoms with Crippen LogP contribution >= 0.6 is 23.2 Å². The van der Waals surface area contributed by atoms with Crippen LogP contribution in [0.3, 0.4) is 0 Å². The van der Waals surface area contributed by atoms with Crippen LogP contribution in [0.1, 0.15) is 18.1 Å². The van der Waals surface area contributed by atoms with Crippen LogP contribution in [0, 0.1) is 0 Å². The summed E-state index contributed by atoms with van der Waals surface area (Å²) < 4.78 is 33.9. The Morgan fingerprint density at radius 1 is 1.20 bits per heavy atom. The molecule has 4 aromatic rings. The molecule has 0 amide bonds. The smallest absolute Gasteiger partial charge is 0.307 e. The fourth-order valence-corrected chi connectivity index (χ4v) is 3.41. The first kappa shape index (κ1) is 20.2. The maximum atomic E-state index is 13.6. The lowest BCUT2D eigenvalue weighted by Crippen LogP contribution is -2.08. The van der Waals surface area contributed by atoms with Crippen LogP contribution in [-0.2, 0) is 17.1 Å². The summed E-state index contributed by atoms with van der Waals surface area (Å²) in [5.41, 5.74) is 1.21. The molecule has 0 fully saturated rings. The molecule has 1 aromatic carbocycles. The molecule has 11 heteroatoms. The molecule has 0 bridgehead atoms. The van der Waals surface area contributed by atoms with E-state index in [1.165, 1.54) is 22.9 Å². The molecule has 0 saturated carbocycles. The van der Waals surface area contributed by atoms with E-state index in [1.54, 1.807) is 12.1 Å². The Balaban J connectivity index is 1.70. The third kappa shape index (κ3) is 3.86. The van der Waals surface area contributed by atoms with Crippen molar-refractivity contribution < 1.29 is 23.2 Å². The molecule has 0 unspecified atom stereocenters. The zero-order valence-corrected chi connectivity index (χ0v) is 16.7. The summed E-state index contributed by atoms with van der Waals surface area (Å²) in [6.45, 7) is 0.776. The molecule has 0 radical (unpaired) electrons. The number of aliphatic carboxylic acids is 1. The molecule has 154 valence electrons. The molecule has 0 saturated heterocycles. The van der Waals surface area contributed by atoms with Gasteiger partial charge in [-0.05, 0) is 23.8 Å². The van der Waals surface area contributed by atoms with Crippen molar-refractivity contribution in [2.24, 2.45) is 0 Å². The van der Waals surface area contributed by atoms with Gasteiger partial charge in [0.25, 0.3) is 11.8 Å². The number of hydrogen-bond acceptors (Lipinski definition) is 5. The number of fused-ring (bicyclic) bond motifs is 1. The molecule has 0 atom stereocenters. The van der Waals surface area contributed by atoms with Crippen molar-refractivity contribution in [3.8, 4) is 23.0 Å². The first-order chi connectivity index (χ1) is 14.1. The summed E-state index contributed by atoms with van der Waals surface area (Å²) in [5, 5.41) is 13.1. The van der Waals surface area contributed by atoms with Gasteiger partial charge in [-0.25, -0.2) is 13.8 Å². The lowest BCUT2D eigenvalue weighted by molar-refractivity contribution is -0.136. The Labute approximate surface area is 177 Å². The Hall–Kier alpha value is -3.04. The highest BCUT2D eigenvalue weighted by Crippen LogP contribution is 2.32. The van der Waals surface area contributed by atoms with E-state index in [-0.39, 0.29) is 45.1 Å². The van der Waals surface area contributed by atoms with E-state index in [0.717, 1.165) is 13.0 Å². The van der Waals surface area contributed by atoms with Gasteiger partial charge in [-0.3, -0.25) is 4.79 Å². The summed E-state index contributed by atoms with van der Waals surface area (Å²) in [7, 11) is 0. The summed E-state index contributed by atoms with van der Waals surface area (Å²) >= 11 is 12.3. The minimum absolute atomic E-state index is 0.0419. The third-order valence-electron chi connectivity index (χ3n) is 4.29. The molecule has 0 aliphatic rings. The number of hydrogen-bond donors (Lipinski definition) is 1. The van der Waals surface area contributed by atoms with Crippen LogP contribution in [0.2, 0.25) is 10.0 Å². The predicted molar refractivity (Wildman–Crippen MR) is 105 cm³/mol. The number of rotatable bonds is 5. The van der Waals surface area contributed by atoms with Crippen molar-refractivity contribution in [1.82, 2.24) is 19.5 Å². The Kier molecular flexibility index (Phi) is 4.95. The molecule has 0 aliphatic heterocycles. The van der Waals surface area contributed by atoms with E-state index >= 15 is 0 Å². The van der Waals surface area contributed by atoms with Crippen LogP contribution in [0.25, 0.3) is 28.6 Å². The number of halogens is 4. The molecule has 1 N–H and O–H groups in total. The summed E-state index contributed by atoms with van der Waals surface area (Å²) in [5.74, 6) is -3.83. The van der Waals surface area contributed by atoms with E-state index in [0.29, 0.717) is 11.1 Å². The second-order valence-electron chi connectivity index (χ2n) is 6.63. The normalized spacial score (nSPS) is 11.9. The monoisotopic (exact) mass is 452 g/mol.